The van der Waals surface area contributed by atoms with Crippen molar-refractivity contribution in [3.63, 3.8) is 0 Å². The molecule has 2 aromatic carbocycles. The van der Waals surface area contributed by atoms with E-state index in [1.54, 1.807) is 30.3 Å². The number of hydrogen-bond acceptors (Lipinski definition) is 7. The number of nitrogens with one attached hydrogen (secondary N) is 1. The Labute approximate surface area is 147 Å². The van der Waals surface area contributed by atoms with Gasteiger partial charge in [-0.2, -0.15) is 8.75 Å². The van der Waals surface area contributed by atoms with E-state index in [1.807, 2.05) is 18.2 Å². The number of carbonyl (C=O) groups is 2. The zero-order chi connectivity index (χ0) is 17.5. The monoisotopic (exact) mass is 357 g/mol. The molecule has 0 radical (unpaired) electrons. The molecule has 0 bridgehead atoms. The van der Waals surface area contributed by atoms with E-state index in [2.05, 4.69) is 14.1 Å². The first-order valence-electron chi connectivity index (χ1n) is 7.57. The summed E-state index contributed by atoms with van der Waals surface area (Å²) in [5, 5.41) is 2.67. The van der Waals surface area contributed by atoms with Gasteiger partial charge in [0.25, 0.3) is 5.91 Å². The Balaban J connectivity index is 1.41. The second kappa shape index (κ2) is 8.20. The molecule has 0 fully saturated rings. The first kappa shape index (κ1) is 16.8. The van der Waals surface area contributed by atoms with Crippen molar-refractivity contribution in [2.45, 2.75) is 6.42 Å². The van der Waals surface area contributed by atoms with E-state index in [9.17, 15) is 9.59 Å². The number of anilines is 1. The number of benzene rings is 2. The van der Waals surface area contributed by atoms with Gasteiger partial charge in [-0.1, -0.05) is 24.3 Å². The van der Waals surface area contributed by atoms with Gasteiger partial charge >= 0.3 is 5.97 Å². The summed E-state index contributed by atoms with van der Waals surface area (Å²) in [4.78, 5) is 23.6. The van der Waals surface area contributed by atoms with Crippen molar-refractivity contribution in [2.75, 3.05) is 18.5 Å². The average molecular weight is 357 g/mol. The third kappa shape index (κ3) is 4.74. The Hall–Kier alpha value is -3.00. The normalized spacial score (nSPS) is 10.4. The first-order chi connectivity index (χ1) is 12.2. The summed E-state index contributed by atoms with van der Waals surface area (Å²) in [5.74, 6) is -0.254. The molecule has 0 aliphatic heterocycles. The zero-order valence-corrected chi connectivity index (χ0v) is 14.0. The molecular weight excluding hydrogens is 342 g/mol. The molecule has 0 unspecified atom stereocenters. The van der Waals surface area contributed by atoms with Crippen LogP contribution in [0.1, 0.15) is 6.42 Å². The Morgan fingerprint density at radius 2 is 1.88 bits per heavy atom. The highest BCUT2D eigenvalue weighted by Gasteiger charge is 2.11. The molecule has 1 N–H and O–H groups in total. The fraction of sp³-hybridized carbons (Fsp3) is 0.176. The molecule has 3 rings (SSSR count). The summed E-state index contributed by atoms with van der Waals surface area (Å²) in [6, 6.07) is 14.5. The summed E-state index contributed by atoms with van der Waals surface area (Å²) >= 11 is 1.07. The highest BCUT2D eigenvalue weighted by Crippen LogP contribution is 2.20. The van der Waals surface area contributed by atoms with E-state index in [4.69, 9.17) is 9.47 Å². The van der Waals surface area contributed by atoms with Crippen molar-refractivity contribution < 1.29 is 19.1 Å². The van der Waals surface area contributed by atoms with Crippen molar-refractivity contribution in [3.8, 4) is 5.75 Å². The highest BCUT2D eigenvalue weighted by molar-refractivity contribution is 7.00. The molecule has 8 heteroatoms. The Morgan fingerprint density at radius 3 is 2.72 bits per heavy atom. The third-order valence-electron chi connectivity index (χ3n) is 3.24. The quantitative estimate of drug-likeness (QED) is 0.654. The number of fused-ring (bicyclic) bond motifs is 1. The summed E-state index contributed by atoms with van der Waals surface area (Å²) in [7, 11) is 0. The Kier molecular flexibility index (Phi) is 5.53. The van der Waals surface area contributed by atoms with Gasteiger partial charge in [0.2, 0.25) is 0 Å². The van der Waals surface area contributed by atoms with Gasteiger partial charge in [-0.25, -0.2) is 0 Å². The number of ether oxygens (including phenoxy) is 2. The maximum atomic E-state index is 11.9. The highest BCUT2D eigenvalue weighted by atomic mass is 32.1. The predicted octanol–water partition coefficient (Wildman–Crippen LogP) is 2.64. The van der Waals surface area contributed by atoms with Gasteiger partial charge in [0.15, 0.2) is 6.61 Å². The van der Waals surface area contributed by atoms with Crippen LogP contribution in [0.2, 0.25) is 0 Å². The fourth-order valence-corrected chi connectivity index (χ4v) is 2.63. The lowest BCUT2D eigenvalue weighted by molar-refractivity contribution is -0.147. The van der Waals surface area contributed by atoms with E-state index < -0.39 is 11.9 Å². The van der Waals surface area contributed by atoms with Crippen LogP contribution in [-0.4, -0.2) is 33.8 Å². The van der Waals surface area contributed by atoms with E-state index in [0.717, 1.165) is 11.7 Å². The van der Waals surface area contributed by atoms with Crippen LogP contribution in [0.4, 0.5) is 5.69 Å². The maximum Gasteiger partial charge on any atom is 0.309 e. The van der Waals surface area contributed by atoms with Crippen molar-refractivity contribution in [1.29, 1.82) is 0 Å². The van der Waals surface area contributed by atoms with Gasteiger partial charge in [0.1, 0.15) is 16.8 Å². The molecule has 0 saturated carbocycles. The van der Waals surface area contributed by atoms with E-state index in [-0.39, 0.29) is 19.6 Å². The lowest BCUT2D eigenvalue weighted by Crippen LogP contribution is -2.21. The van der Waals surface area contributed by atoms with E-state index >= 15 is 0 Å². The van der Waals surface area contributed by atoms with Crippen LogP contribution in [0.25, 0.3) is 11.0 Å². The minimum absolute atomic E-state index is 0.0633. The maximum absolute atomic E-state index is 11.9. The topological polar surface area (TPSA) is 90.4 Å². The Bertz CT molecular complexity index is 866. The van der Waals surface area contributed by atoms with Gasteiger partial charge in [-0.15, -0.1) is 0 Å². The van der Waals surface area contributed by atoms with Gasteiger partial charge in [-0.3, -0.25) is 9.59 Å². The minimum atomic E-state index is -0.500. The van der Waals surface area contributed by atoms with Crippen LogP contribution in [0.5, 0.6) is 5.75 Å². The van der Waals surface area contributed by atoms with Gasteiger partial charge < -0.3 is 14.8 Å². The van der Waals surface area contributed by atoms with Crippen molar-refractivity contribution in [2.24, 2.45) is 0 Å². The van der Waals surface area contributed by atoms with Crippen LogP contribution in [0.15, 0.2) is 48.5 Å². The van der Waals surface area contributed by atoms with Gasteiger partial charge in [0.05, 0.1) is 30.4 Å². The lowest BCUT2D eigenvalue weighted by Gasteiger charge is -2.08. The molecule has 1 heterocycles. The predicted molar refractivity (Wildman–Crippen MR) is 93.6 cm³/mol. The second-order valence-corrected chi connectivity index (χ2v) is 5.59. The molecule has 1 amide bonds. The molecule has 1 aromatic heterocycles. The first-order valence-corrected chi connectivity index (χ1v) is 8.30. The van der Waals surface area contributed by atoms with Gasteiger partial charge in [-0.05, 0) is 24.3 Å². The van der Waals surface area contributed by atoms with Crippen LogP contribution in [-0.2, 0) is 14.3 Å². The largest absolute Gasteiger partial charge is 0.493 e. The lowest BCUT2D eigenvalue weighted by atomic mass is 10.2. The molecule has 3 aromatic rings. The molecular formula is C17H15N3O4S. The Morgan fingerprint density at radius 1 is 1.04 bits per heavy atom. The van der Waals surface area contributed by atoms with E-state index in [0.29, 0.717) is 22.5 Å². The number of carbonyl (C=O) groups excluding carboxylic acids is 2. The number of nitrogens with zero attached hydrogens (tertiary/aromatic N) is 2. The van der Waals surface area contributed by atoms with Crippen LogP contribution >= 0.6 is 11.7 Å². The number of para-hydroxylation sites is 1. The standard InChI is InChI=1S/C17H15N3O4S/c21-15(18-13-7-4-8-14-17(13)20-25-19-14)11-24-16(22)9-10-23-12-5-2-1-3-6-12/h1-8H,9-11H2,(H,18,21). The minimum Gasteiger partial charge on any atom is -0.493 e. The summed E-state index contributed by atoms with van der Waals surface area (Å²) < 4.78 is 18.6. The van der Waals surface area contributed by atoms with Crippen LogP contribution < -0.4 is 10.1 Å². The molecule has 0 aliphatic rings. The summed E-state index contributed by atoms with van der Waals surface area (Å²) in [5.41, 5.74) is 1.86. The van der Waals surface area contributed by atoms with E-state index in [1.165, 1.54) is 0 Å². The van der Waals surface area contributed by atoms with Gasteiger partial charge in [0, 0.05) is 0 Å². The molecule has 0 aliphatic carbocycles. The number of esters is 1. The second-order valence-electron chi connectivity index (χ2n) is 5.06. The summed E-state index contributed by atoms with van der Waals surface area (Å²) in [6.45, 7) is -0.174. The zero-order valence-electron chi connectivity index (χ0n) is 13.2. The smallest absolute Gasteiger partial charge is 0.309 e. The third-order valence-corrected chi connectivity index (χ3v) is 3.79. The average Bonchev–Trinajstić information content (AvgIpc) is 3.11. The molecule has 25 heavy (non-hydrogen) atoms. The molecule has 7 nitrogen and oxygen atoms in total. The van der Waals surface area contributed by atoms with Crippen molar-refractivity contribution >= 4 is 40.3 Å². The molecule has 0 spiro atoms. The van der Waals surface area contributed by atoms with Crippen LogP contribution in [0.3, 0.4) is 0 Å². The SMILES string of the molecule is O=C(COC(=O)CCOc1ccccc1)Nc1cccc2nsnc12. The number of amides is 1. The summed E-state index contributed by atoms with van der Waals surface area (Å²) in [6.07, 6.45) is 0.0633. The van der Waals surface area contributed by atoms with Crippen molar-refractivity contribution in [1.82, 2.24) is 8.75 Å². The molecule has 0 saturated heterocycles. The number of hydrogen-bond donors (Lipinski definition) is 1. The molecule has 128 valence electrons. The number of rotatable bonds is 7. The van der Waals surface area contributed by atoms with Crippen LogP contribution in [0, 0.1) is 0 Å². The van der Waals surface area contributed by atoms with Crippen molar-refractivity contribution in [3.05, 3.63) is 48.5 Å². The fourth-order valence-electron chi connectivity index (χ4n) is 2.08. The number of aromatic nitrogens is 2. The molecule has 0 atom stereocenters.